The number of ether oxygens (including phenoxy) is 1. The standard InChI is InChI=1S/C15H15F5O2/c16-11-9(12(17)14(19)15(20)13(11)18)7-22-10(21)6-5-8-3-1-2-4-8/h8H,1-7H2. The molecule has 1 aliphatic rings. The lowest BCUT2D eigenvalue weighted by molar-refractivity contribution is -0.145. The van der Waals surface area contributed by atoms with Crippen molar-refractivity contribution >= 4 is 5.97 Å². The lowest BCUT2D eigenvalue weighted by Crippen LogP contribution is -2.12. The summed E-state index contributed by atoms with van der Waals surface area (Å²) in [6, 6.07) is 0. The maximum atomic E-state index is 13.4. The van der Waals surface area contributed by atoms with E-state index in [9.17, 15) is 26.7 Å². The van der Waals surface area contributed by atoms with Crippen LogP contribution in [0.15, 0.2) is 0 Å². The molecule has 0 atom stereocenters. The van der Waals surface area contributed by atoms with E-state index < -0.39 is 47.2 Å². The molecule has 0 aliphatic heterocycles. The number of carbonyl (C=O) groups is 1. The number of rotatable bonds is 5. The lowest BCUT2D eigenvalue weighted by Gasteiger charge is -2.10. The summed E-state index contributed by atoms with van der Waals surface area (Å²) < 4.78 is 70.2. The van der Waals surface area contributed by atoms with Gasteiger partial charge in [0.05, 0.1) is 5.56 Å². The van der Waals surface area contributed by atoms with E-state index in [4.69, 9.17) is 0 Å². The van der Waals surface area contributed by atoms with Crippen LogP contribution < -0.4 is 0 Å². The van der Waals surface area contributed by atoms with Gasteiger partial charge in [0.15, 0.2) is 23.3 Å². The monoisotopic (exact) mass is 322 g/mol. The molecule has 0 spiro atoms. The summed E-state index contributed by atoms with van der Waals surface area (Å²) in [4.78, 5) is 11.5. The number of carbonyl (C=O) groups excluding carboxylic acids is 1. The predicted molar refractivity (Wildman–Crippen MR) is 67.2 cm³/mol. The minimum Gasteiger partial charge on any atom is -0.461 e. The Morgan fingerprint density at radius 2 is 1.41 bits per heavy atom. The van der Waals surface area contributed by atoms with Crippen molar-refractivity contribution < 1.29 is 31.5 Å². The Kier molecular flexibility index (Phi) is 5.37. The lowest BCUT2D eigenvalue weighted by atomic mass is 10.0. The van der Waals surface area contributed by atoms with Crippen LogP contribution in [0.5, 0.6) is 0 Å². The minimum atomic E-state index is -2.23. The average molecular weight is 322 g/mol. The highest BCUT2D eigenvalue weighted by molar-refractivity contribution is 5.69. The van der Waals surface area contributed by atoms with Crippen LogP contribution in [-0.2, 0) is 16.1 Å². The third-order valence-electron chi connectivity index (χ3n) is 3.91. The van der Waals surface area contributed by atoms with Crippen LogP contribution in [0, 0.1) is 35.0 Å². The van der Waals surface area contributed by atoms with E-state index in [2.05, 4.69) is 4.74 Å². The molecule has 0 aromatic heterocycles. The van der Waals surface area contributed by atoms with Crippen molar-refractivity contribution in [3.05, 3.63) is 34.6 Å². The van der Waals surface area contributed by atoms with Gasteiger partial charge in [-0.2, -0.15) is 0 Å². The number of esters is 1. The van der Waals surface area contributed by atoms with Gasteiger partial charge in [0.2, 0.25) is 5.82 Å². The molecule has 0 saturated heterocycles. The van der Waals surface area contributed by atoms with Crippen LogP contribution in [0.2, 0.25) is 0 Å². The van der Waals surface area contributed by atoms with Gasteiger partial charge in [0, 0.05) is 6.42 Å². The van der Waals surface area contributed by atoms with Crippen molar-refractivity contribution in [3.63, 3.8) is 0 Å². The van der Waals surface area contributed by atoms with E-state index >= 15 is 0 Å². The van der Waals surface area contributed by atoms with E-state index in [1.54, 1.807) is 0 Å². The summed E-state index contributed by atoms with van der Waals surface area (Å²) >= 11 is 0. The molecule has 1 aliphatic carbocycles. The van der Waals surface area contributed by atoms with Crippen LogP contribution >= 0.6 is 0 Å². The largest absolute Gasteiger partial charge is 0.461 e. The van der Waals surface area contributed by atoms with Gasteiger partial charge in [0.1, 0.15) is 6.61 Å². The first-order valence-electron chi connectivity index (χ1n) is 7.07. The molecule has 0 heterocycles. The summed E-state index contributed by atoms with van der Waals surface area (Å²) in [6.45, 7) is -0.977. The Morgan fingerprint density at radius 3 is 1.95 bits per heavy atom. The van der Waals surface area contributed by atoms with Crippen molar-refractivity contribution in [3.8, 4) is 0 Å². The second-order valence-corrected chi connectivity index (χ2v) is 5.40. The second kappa shape index (κ2) is 7.07. The topological polar surface area (TPSA) is 26.3 Å². The molecule has 7 heteroatoms. The summed E-state index contributed by atoms with van der Waals surface area (Å²) in [5.74, 6) is -10.5. The fourth-order valence-corrected chi connectivity index (χ4v) is 2.62. The molecule has 0 N–H and O–H groups in total. The molecule has 1 fully saturated rings. The Morgan fingerprint density at radius 1 is 0.909 bits per heavy atom. The van der Waals surface area contributed by atoms with Crippen molar-refractivity contribution in [2.45, 2.75) is 45.1 Å². The van der Waals surface area contributed by atoms with Gasteiger partial charge in [0.25, 0.3) is 0 Å². The quantitative estimate of drug-likeness (QED) is 0.348. The van der Waals surface area contributed by atoms with Gasteiger partial charge >= 0.3 is 5.97 Å². The van der Waals surface area contributed by atoms with E-state index in [1.807, 2.05) is 0 Å². The number of benzene rings is 1. The molecular weight excluding hydrogens is 307 g/mol. The highest BCUT2D eigenvalue weighted by Crippen LogP contribution is 2.29. The van der Waals surface area contributed by atoms with E-state index in [0.717, 1.165) is 25.7 Å². The molecule has 122 valence electrons. The fourth-order valence-electron chi connectivity index (χ4n) is 2.62. The molecule has 0 unspecified atom stereocenters. The van der Waals surface area contributed by atoms with E-state index in [1.165, 1.54) is 0 Å². The fraction of sp³-hybridized carbons (Fsp3) is 0.533. The third-order valence-corrected chi connectivity index (χ3v) is 3.91. The SMILES string of the molecule is O=C(CCC1CCCC1)OCc1c(F)c(F)c(F)c(F)c1F. The number of hydrogen-bond acceptors (Lipinski definition) is 2. The van der Waals surface area contributed by atoms with Crippen LogP contribution in [-0.4, -0.2) is 5.97 Å². The van der Waals surface area contributed by atoms with Gasteiger partial charge in [-0.15, -0.1) is 0 Å². The van der Waals surface area contributed by atoms with E-state index in [-0.39, 0.29) is 6.42 Å². The highest BCUT2D eigenvalue weighted by atomic mass is 19.2. The van der Waals surface area contributed by atoms with Gasteiger partial charge in [-0.3, -0.25) is 4.79 Å². The molecule has 22 heavy (non-hydrogen) atoms. The third kappa shape index (κ3) is 3.56. The van der Waals surface area contributed by atoms with Crippen molar-refractivity contribution in [2.24, 2.45) is 5.92 Å². The second-order valence-electron chi connectivity index (χ2n) is 5.40. The van der Waals surface area contributed by atoms with Gasteiger partial charge in [-0.1, -0.05) is 25.7 Å². The molecule has 1 saturated carbocycles. The van der Waals surface area contributed by atoms with Crippen LogP contribution in [0.1, 0.15) is 44.1 Å². The maximum absolute atomic E-state index is 13.4. The Labute approximate surface area is 124 Å². The Bertz CT molecular complexity index is 539. The zero-order valence-corrected chi connectivity index (χ0v) is 11.7. The molecule has 0 amide bonds. The van der Waals surface area contributed by atoms with Crippen molar-refractivity contribution in [1.29, 1.82) is 0 Å². The van der Waals surface area contributed by atoms with Crippen LogP contribution in [0.25, 0.3) is 0 Å². The van der Waals surface area contributed by atoms with Crippen molar-refractivity contribution in [1.82, 2.24) is 0 Å². The summed E-state index contributed by atoms with van der Waals surface area (Å²) in [7, 11) is 0. The minimum absolute atomic E-state index is 0.0695. The average Bonchev–Trinajstić information content (AvgIpc) is 3.02. The van der Waals surface area contributed by atoms with Gasteiger partial charge in [-0.25, -0.2) is 22.0 Å². The predicted octanol–water partition coefficient (Wildman–Crippen LogP) is 4.40. The Balaban J connectivity index is 1.95. The summed E-state index contributed by atoms with van der Waals surface area (Å²) in [5, 5.41) is 0. The maximum Gasteiger partial charge on any atom is 0.306 e. The van der Waals surface area contributed by atoms with Gasteiger partial charge < -0.3 is 4.74 Å². The Hall–Kier alpha value is -1.66. The van der Waals surface area contributed by atoms with Gasteiger partial charge in [-0.05, 0) is 12.3 Å². The smallest absolute Gasteiger partial charge is 0.306 e. The highest BCUT2D eigenvalue weighted by Gasteiger charge is 2.26. The van der Waals surface area contributed by atoms with Crippen LogP contribution in [0.4, 0.5) is 22.0 Å². The first-order chi connectivity index (χ1) is 10.4. The number of halogens is 5. The number of hydrogen-bond donors (Lipinski definition) is 0. The normalized spacial score (nSPS) is 15.3. The summed E-state index contributed by atoms with van der Waals surface area (Å²) in [6.07, 6.45) is 4.97. The first kappa shape index (κ1) is 16.7. The molecule has 2 nitrogen and oxygen atoms in total. The molecule has 0 bridgehead atoms. The molecule has 1 aromatic carbocycles. The van der Waals surface area contributed by atoms with E-state index in [0.29, 0.717) is 12.3 Å². The molecular formula is C15H15F5O2. The molecule has 0 radical (unpaired) electrons. The molecule has 1 aromatic rings. The van der Waals surface area contributed by atoms with Crippen LogP contribution in [0.3, 0.4) is 0 Å². The molecule has 2 rings (SSSR count). The van der Waals surface area contributed by atoms with Crippen molar-refractivity contribution in [2.75, 3.05) is 0 Å². The first-order valence-corrected chi connectivity index (χ1v) is 7.07. The zero-order valence-electron chi connectivity index (χ0n) is 11.7. The zero-order chi connectivity index (χ0) is 16.3. The summed E-state index contributed by atoms with van der Waals surface area (Å²) in [5.41, 5.74) is -1.13.